The molecule has 1 aromatic carbocycles. The van der Waals surface area contributed by atoms with Crippen molar-refractivity contribution in [3.05, 3.63) is 65.1 Å². The smallest absolute Gasteiger partial charge is 0.155 e. The van der Waals surface area contributed by atoms with E-state index in [1.807, 2.05) is 36.6 Å². The molecule has 4 nitrogen and oxygen atoms in total. The first-order chi connectivity index (χ1) is 11.0. The van der Waals surface area contributed by atoms with Gasteiger partial charge in [-0.3, -0.25) is 4.90 Å². The highest BCUT2D eigenvalue weighted by molar-refractivity contribution is 6.30. The predicted octanol–water partition coefficient (Wildman–Crippen LogP) is 4.19. The largest absolute Gasteiger partial charge is 0.365 e. The van der Waals surface area contributed by atoms with Crippen molar-refractivity contribution in [2.24, 2.45) is 4.99 Å². The lowest BCUT2D eigenvalue weighted by Gasteiger charge is -2.45. The summed E-state index contributed by atoms with van der Waals surface area (Å²) >= 11 is 6.04. The van der Waals surface area contributed by atoms with Gasteiger partial charge in [-0.15, -0.1) is 0 Å². The lowest BCUT2D eigenvalue weighted by Crippen LogP contribution is -2.50. The fraction of sp³-hybridized carbons (Fsp3) is 0.278. The molecule has 0 unspecified atom stereocenters. The molecule has 0 fully saturated rings. The van der Waals surface area contributed by atoms with E-state index in [1.165, 1.54) is 5.70 Å². The van der Waals surface area contributed by atoms with Gasteiger partial charge in [0.05, 0.1) is 11.9 Å². The first kappa shape index (κ1) is 14.4. The Morgan fingerprint density at radius 1 is 1.17 bits per heavy atom. The number of benzene rings is 1. The van der Waals surface area contributed by atoms with Gasteiger partial charge in [0.25, 0.3) is 0 Å². The molecule has 0 saturated heterocycles. The van der Waals surface area contributed by atoms with Crippen molar-refractivity contribution in [1.82, 2.24) is 10.2 Å². The molecule has 5 heteroatoms. The molecule has 23 heavy (non-hydrogen) atoms. The van der Waals surface area contributed by atoms with E-state index in [9.17, 15) is 0 Å². The summed E-state index contributed by atoms with van der Waals surface area (Å²) in [5.41, 5.74) is 2.43. The summed E-state index contributed by atoms with van der Waals surface area (Å²) in [7, 11) is 0. The molecule has 1 N–H and O–H groups in total. The van der Waals surface area contributed by atoms with Gasteiger partial charge in [0.1, 0.15) is 5.82 Å². The fourth-order valence-corrected chi connectivity index (χ4v) is 3.26. The molecule has 1 aromatic rings. The van der Waals surface area contributed by atoms with Gasteiger partial charge in [0.2, 0.25) is 0 Å². The molecule has 0 bridgehead atoms. The van der Waals surface area contributed by atoms with Crippen LogP contribution in [0, 0.1) is 0 Å². The van der Waals surface area contributed by atoms with Crippen LogP contribution in [0.15, 0.2) is 65.1 Å². The van der Waals surface area contributed by atoms with E-state index < -0.39 is 0 Å². The Labute approximate surface area is 141 Å². The molecular weight excluding hydrogens is 308 g/mol. The fourth-order valence-electron chi connectivity index (χ4n) is 3.13. The van der Waals surface area contributed by atoms with Crippen LogP contribution in [-0.4, -0.2) is 16.7 Å². The van der Waals surface area contributed by atoms with Crippen LogP contribution in [-0.2, 0) is 0 Å². The number of hydrogen-bond acceptors (Lipinski definition) is 4. The summed E-state index contributed by atoms with van der Waals surface area (Å²) in [6, 6.07) is 7.93. The van der Waals surface area contributed by atoms with E-state index in [1.54, 1.807) is 0 Å². The topological polar surface area (TPSA) is 30.9 Å². The molecule has 118 valence electrons. The third-order valence-electron chi connectivity index (χ3n) is 4.37. The Morgan fingerprint density at radius 2 is 1.96 bits per heavy atom. The number of aliphatic imine (C=N–C) groups is 1. The number of rotatable bonds is 1. The summed E-state index contributed by atoms with van der Waals surface area (Å²) in [5.74, 6) is 2.02. The van der Waals surface area contributed by atoms with E-state index in [-0.39, 0.29) is 5.54 Å². The van der Waals surface area contributed by atoms with Crippen molar-refractivity contribution >= 4 is 23.5 Å². The van der Waals surface area contributed by atoms with Crippen LogP contribution in [0.1, 0.15) is 26.7 Å². The second kappa shape index (κ2) is 5.17. The molecule has 0 aromatic heterocycles. The Bertz CT molecular complexity index is 756. The number of hydrogen-bond donors (Lipinski definition) is 1. The van der Waals surface area contributed by atoms with Gasteiger partial charge in [0.15, 0.2) is 5.82 Å². The molecule has 4 rings (SSSR count). The number of nitrogens with one attached hydrogen (secondary N) is 1. The summed E-state index contributed by atoms with van der Waals surface area (Å²) in [6.07, 6.45) is 10.0. The third kappa shape index (κ3) is 2.53. The maximum atomic E-state index is 6.04. The van der Waals surface area contributed by atoms with Crippen molar-refractivity contribution < 1.29 is 0 Å². The van der Waals surface area contributed by atoms with E-state index in [2.05, 4.69) is 46.4 Å². The van der Waals surface area contributed by atoms with Crippen molar-refractivity contribution in [2.45, 2.75) is 32.2 Å². The zero-order chi connectivity index (χ0) is 16.0. The Morgan fingerprint density at radius 3 is 2.74 bits per heavy atom. The van der Waals surface area contributed by atoms with Gasteiger partial charge in [0, 0.05) is 28.7 Å². The summed E-state index contributed by atoms with van der Waals surface area (Å²) in [5, 5.41) is 4.42. The molecule has 0 spiro atoms. The minimum atomic E-state index is 0.0714. The highest BCUT2D eigenvalue weighted by atomic mass is 35.5. The maximum absolute atomic E-state index is 6.04. The predicted molar refractivity (Wildman–Crippen MR) is 95.0 cm³/mol. The molecule has 0 aliphatic carbocycles. The summed E-state index contributed by atoms with van der Waals surface area (Å²) in [6.45, 7) is 4.47. The van der Waals surface area contributed by atoms with E-state index in [0.717, 1.165) is 35.2 Å². The number of anilines is 1. The third-order valence-corrected chi connectivity index (χ3v) is 4.62. The van der Waals surface area contributed by atoms with Gasteiger partial charge in [-0.2, -0.15) is 0 Å². The van der Waals surface area contributed by atoms with Crippen LogP contribution in [0.3, 0.4) is 0 Å². The van der Waals surface area contributed by atoms with Gasteiger partial charge in [-0.1, -0.05) is 11.6 Å². The quantitative estimate of drug-likeness (QED) is 0.839. The number of allylic oxidation sites excluding steroid dienone is 2. The average Bonchev–Trinajstić information content (AvgIpc) is 2.54. The zero-order valence-electron chi connectivity index (χ0n) is 13.3. The lowest BCUT2D eigenvalue weighted by atomic mass is 9.92. The van der Waals surface area contributed by atoms with Gasteiger partial charge >= 0.3 is 0 Å². The lowest BCUT2D eigenvalue weighted by molar-refractivity contribution is 0.314. The molecule has 0 saturated carbocycles. The highest BCUT2D eigenvalue weighted by Gasteiger charge is 2.35. The first-order valence-electron chi connectivity index (χ1n) is 7.82. The molecule has 0 radical (unpaired) electrons. The Kier molecular flexibility index (Phi) is 3.23. The SMILES string of the molecule is CC1(C)CCC2=C(N1)N1C=CC=NC1=CN2c1ccc(Cl)cc1. The van der Waals surface area contributed by atoms with Crippen LogP contribution in [0.2, 0.25) is 5.02 Å². The second-order valence-corrected chi connectivity index (χ2v) is 7.06. The Hall–Kier alpha value is -2.20. The monoisotopic (exact) mass is 326 g/mol. The number of fused-ring (bicyclic) bond motifs is 2. The van der Waals surface area contributed by atoms with Crippen molar-refractivity contribution in [3.63, 3.8) is 0 Å². The van der Waals surface area contributed by atoms with Crippen molar-refractivity contribution in [2.75, 3.05) is 4.90 Å². The summed E-state index contributed by atoms with van der Waals surface area (Å²) in [4.78, 5) is 8.86. The maximum Gasteiger partial charge on any atom is 0.155 e. The van der Waals surface area contributed by atoms with Gasteiger partial charge < -0.3 is 10.2 Å². The summed E-state index contributed by atoms with van der Waals surface area (Å²) < 4.78 is 0. The molecule has 0 atom stereocenters. The second-order valence-electron chi connectivity index (χ2n) is 6.63. The standard InChI is InChI=1S/C18H19ClN4/c1-18(2)9-8-15-17(21-18)22-11-3-10-20-16(22)12-23(15)14-6-4-13(19)5-7-14/h3-7,10-12,21H,8-9H2,1-2H3. The zero-order valence-corrected chi connectivity index (χ0v) is 14.0. The van der Waals surface area contributed by atoms with Gasteiger partial charge in [-0.25, -0.2) is 4.99 Å². The minimum Gasteiger partial charge on any atom is -0.365 e. The van der Waals surface area contributed by atoms with E-state index >= 15 is 0 Å². The van der Waals surface area contributed by atoms with Crippen LogP contribution in [0.25, 0.3) is 0 Å². The number of halogens is 1. The molecule has 3 heterocycles. The van der Waals surface area contributed by atoms with Crippen molar-refractivity contribution in [1.29, 1.82) is 0 Å². The molecule has 3 aliphatic rings. The van der Waals surface area contributed by atoms with Crippen LogP contribution in [0.4, 0.5) is 5.69 Å². The average molecular weight is 327 g/mol. The van der Waals surface area contributed by atoms with Crippen LogP contribution in [0.5, 0.6) is 0 Å². The molecule has 0 amide bonds. The van der Waals surface area contributed by atoms with Crippen LogP contribution < -0.4 is 10.2 Å². The highest BCUT2D eigenvalue weighted by Crippen LogP contribution is 2.38. The molecule has 3 aliphatic heterocycles. The van der Waals surface area contributed by atoms with E-state index in [0.29, 0.717) is 0 Å². The Balaban J connectivity index is 1.82. The van der Waals surface area contributed by atoms with E-state index in [4.69, 9.17) is 11.6 Å². The van der Waals surface area contributed by atoms with Crippen LogP contribution >= 0.6 is 11.6 Å². The normalized spacial score (nSPS) is 21.6. The van der Waals surface area contributed by atoms with Crippen molar-refractivity contribution in [3.8, 4) is 0 Å². The minimum absolute atomic E-state index is 0.0714. The molecular formula is C18H19ClN4. The first-order valence-corrected chi connectivity index (χ1v) is 8.19. The van der Waals surface area contributed by atoms with Gasteiger partial charge in [-0.05, 0) is 57.0 Å². The number of nitrogens with zero attached hydrogens (tertiary/aromatic N) is 3.